The van der Waals surface area contributed by atoms with Gasteiger partial charge in [-0.1, -0.05) is 55.9 Å². The van der Waals surface area contributed by atoms with Crippen LogP contribution in [0.25, 0.3) is 11.4 Å². The molecule has 1 atom stereocenters. The topological polar surface area (TPSA) is 83.6 Å². The molecule has 0 fully saturated rings. The van der Waals surface area contributed by atoms with E-state index in [1.54, 1.807) is 6.92 Å². The van der Waals surface area contributed by atoms with Gasteiger partial charge >= 0.3 is 0 Å². The number of rotatable bonds is 6. The lowest BCUT2D eigenvalue weighted by Crippen LogP contribution is -2.49. The fourth-order valence-electron chi connectivity index (χ4n) is 2.04. The van der Waals surface area contributed by atoms with Gasteiger partial charge in [0.15, 0.2) is 11.0 Å². The molecule has 1 aromatic carbocycles. The second-order valence-corrected chi connectivity index (χ2v) is 6.98. The molecule has 1 aromatic heterocycles. The van der Waals surface area contributed by atoms with E-state index in [9.17, 15) is 10.1 Å². The molecule has 24 heavy (non-hydrogen) atoms. The summed E-state index contributed by atoms with van der Waals surface area (Å²) in [5.74, 6) is 0.769. The minimum atomic E-state index is -0.868. The molecule has 1 amide bonds. The molecule has 0 spiro atoms. The molecular formula is C17H21N5OS. The first kappa shape index (κ1) is 18.0. The van der Waals surface area contributed by atoms with Crippen LogP contribution in [0, 0.1) is 17.2 Å². The molecule has 0 radical (unpaired) electrons. The summed E-state index contributed by atoms with van der Waals surface area (Å²) < 4.78 is 1.86. The maximum atomic E-state index is 12.1. The van der Waals surface area contributed by atoms with Gasteiger partial charge in [-0.3, -0.25) is 4.79 Å². The highest BCUT2D eigenvalue weighted by atomic mass is 32.2. The Labute approximate surface area is 146 Å². The number of amides is 1. The largest absolute Gasteiger partial charge is 0.337 e. The van der Waals surface area contributed by atoms with Crippen LogP contribution in [0.15, 0.2) is 35.5 Å². The molecule has 1 N–H and O–H groups in total. The number of carbonyl (C=O) groups is 1. The van der Waals surface area contributed by atoms with Gasteiger partial charge in [0.1, 0.15) is 5.54 Å². The van der Waals surface area contributed by atoms with Crippen LogP contribution in [-0.4, -0.2) is 32.0 Å². The van der Waals surface area contributed by atoms with Crippen molar-refractivity contribution in [2.24, 2.45) is 13.0 Å². The molecule has 0 saturated heterocycles. The smallest absolute Gasteiger partial charge is 0.231 e. The summed E-state index contributed by atoms with van der Waals surface area (Å²) in [5, 5.41) is 21.1. The number of hydrogen-bond donors (Lipinski definition) is 1. The molecule has 2 aromatic rings. The average molecular weight is 343 g/mol. The van der Waals surface area contributed by atoms with Crippen molar-refractivity contribution >= 4 is 17.7 Å². The Balaban J connectivity index is 2.02. The zero-order valence-corrected chi connectivity index (χ0v) is 15.1. The van der Waals surface area contributed by atoms with Gasteiger partial charge in [-0.2, -0.15) is 5.26 Å². The van der Waals surface area contributed by atoms with Gasteiger partial charge in [-0.25, -0.2) is 0 Å². The number of hydrogen-bond acceptors (Lipinski definition) is 5. The number of nitriles is 1. The molecule has 6 nitrogen and oxygen atoms in total. The number of nitrogens with one attached hydrogen (secondary N) is 1. The summed E-state index contributed by atoms with van der Waals surface area (Å²) in [7, 11) is 1.87. The second-order valence-electron chi connectivity index (χ2n) is 6.04. The van der Waals surface area contributed by atoms with Crippen molar-refractivity contribution in [2.45, 2.75) is 31.5 Å². The fourth-order valence-corrected chi connectivity index (χ4v) is 2.75. The highest BCUT2D eigenvalue weighted by molar-refractivity contribution is 7.99. The van der Waals surface area contributed by atoms with Gasteiger partial charge < -0.3 is 9.88 Å². The minimum absolute atomic E-state index is 0.0240. The first-order chi connectivity index (χ1) is 11.4. The van der Waals surface area contributed by atoms with Gasteiger partial charge in [-0.15, -0.1) is 10.2 Å². The lowest BCUT2D eigenvalue weighted by Gasteiger charge is -2.27. The van der Waals surface area contributed by atoms with E-state index in [1.165, 1.54) is 11.8 Å². The van der Waals surface area contributed by atoms with E-state index < -0.39 is 5.54 Å². The van der Waals surface area contributed by atoms with Crippen molar-refractivity contribution < 1.29 is 4.79 Å². The third-order valence-corrected chi connectivity index (χ3v) is 5.01. The lowest BCUT2D eigenvalue weighted by atomic mass is 9.90. The van der Waals surface area contributed by atoms with E-state index in [4.69, 9.17) is 0 Å². The van der Waals surface area contributed by atoms with Gasteiger partial charge in [0.25, 0.3) is 0 Å². The number of thioether (sulfide) groups is 1. The maximum absolute atomic E-state index is 12.1. The van der Waals surface area contributed by atoms with E-state index >= 15 is 0 Å². The Morgan fingerprint density at radius 3 is 2.62 bits per heavy atom. The predicted octanol–water partition coefficient (Wildman–Crippen LogP) is 2.63. The van der Waals surface area contributed by atoms with Gasteiger partial charge in [0.05, 0.1) is 11.8 Å². The monoisotopic (exact) mass is 343 g/mol. The standard InChI is InChI=1S/C17H21N5OS/c1-12(2)17(3,11-18)19-14(23)10-24-16-21-20-15(22(16)4)13-8-6-5-7-9-13/h5-9,12H,10H2,1-4H3,(H,19,23)/t17-/m0/s1. The first-order valence-electron chi connectivity index (χ1n) is 7.67. The fraction of sp³-hybridized carbons (Fsp3) is 0.412. The molecule has 0 bridgehead atoms. The minimum Gasteiger partial charge on any atom is -0.337 e. The predicted molar refractivity (Wildman–Crippen MR) is 94.2 cm³/mol. The van der Waals surface area contributed by atoms with Crippen LogP contribution in [0.3, 0.4) is 0 Å². The molecule has 2 rings (SSSR count). The molecule has 0 saturated carbocycles. The average Bonchev–Trinajstić information content (AvgIpc) is 2.94. The Hall–Kier alpha value is -2.33. The van der Waals surface area contributed by atoms with Crippen LogP contribution in [0.1, 0.15) is 20.8 Å². The number of aromatic nitrogens is 3. The summed E-state index contributed by atoms with van der Waals surface area (Å²) in [6.45, 7) is 5.55. The van der Waals surface area contributed by atoms with Crippen LogP contribution in [0.4, 0.5) is 0 Å². The summed E-state index contributed by atoms with van der Waals surface area (Å²) in [6, 6.07) is 11.9. The lowest BCUT2D eigenvalue weighted by molar-refractivity contribution is -0.120. The second kappa shape index (κ2) is 7.49. The SMILES string of the molecule is CC(C)[C@](C)(C#N)NC(=O)CSc1nnc(-c2ccccc2)n1C. The van der Waals surface area contributed by atoms with E-state index in [1.807, 2.05) is 55.8 Å². The molecule has 1 heterocycles. The quantitative estimate of drug-likeness (QED) is 0.815. The van der Waals surface area contributed by atoms with E-state index in [0.717, 1.165) is 11.4 Å². The van der Waals surface area contributed by atoms with E-state index in [0.29, 0.717) is 5.16 Å². The molecule has 0 aliphatic carbocycles. The third kappa shape index (κ3) is 3.95. The van der Waals surface area contributed by atoms with Crippen molar-refractivity contribution in [3.05, 3.63) is 30.3 Å². The Kier molecular flexibility index (Phi) is 5.62. The number of benzene rings is 1. The van der Waals surface area contributed by atoms with Gasteiger partial charge in [0, 0.05) is 12.6 Å². The van der Waals surface area contributed by atoms with Crippen LogP contribution < -0.4 is 5.32 Å². The molecule has 7 heteroatoms. The van der Waals surface area contributed by atoms with Crippen molar-refractivity contribution in [1.29, 1.82) is 5.26 Å². The van der Waals surface area contributed by atoms with Crippen molar-refractivity contribution in [2.75, 3.05) is 5.75 Å². The first-order valence-corrected chi connectivity index (χ1v) is 8.66. The number of nitrogens with zero attached hydrogens (tertiary/aromatic N) is 4. The van der Waals surface area contributed by atoms with Gasteiger partial charge in [0.2, 0.25) is 5.91 Å². The van der Waals surface area contributed by atoms with Crippen LogP contribution in [0.5, 0.6) is 0 Å². The molecule has 126 valence electrons. The maximum Gasteiger partial charge on any atom is 0.231 e. The van der Waals surface area contributed by atoms with Crippen LogP contribution in [0.2, 0.25) is 0 Å². The molecule has 0 aliphatic rings. The van der Waals surface area contributed by atoms with Gasteiger partial charge in [-0.05, 0) is 12.8 Å². The summed E-state index contributed by atoms with van der Waals surface area (Å²) >= 11 is 1.30. The van der Waals surface area contributed by atoms with Crippen LogP contribution in [-0.2, 0) is 11.8 Å². The summed E-state index contributed by atoms with van der Waals surface area (Å²) in [4.78, 5) is 12.1. The third-order valence-electron chi connectivity index (χ3n) is 3.99. The Bertz CT molecular complexity index is 750. The normalized spacial score (nSPS) is 13.3. The highest BCUT2D eigenvalue weighted by Gasteiger charge is 2.30. The Morgan fingerprint density at radius 2 is 2.04 bits per heavy atom. The number of carbonyl (C=O) groups excluding carboxylic acids is 1. The van der Waals surface area contributed by atoms with E-state index in [-0.39, 0.29) is 17.6 Å². The molecule has 0 unspecified atom stereocenters. The molecule has 0 aliphatic heterocycles. The zero-order valence-electron chi connectivity index (χ0n) is 14.3. The Morgan fingerprint density at radius 1 is 1.38 bits per heavy atom. The summed E-state index contributed by atoms with van der Waals surface area (Å²) in [6.07, 6.45) is 0. The van der Waals surface area contributed by atoms with E-state index in [2.05, 4.69) is 21.6 Å². The van der Waals surface area contributed by atoms with Crippen LogP contribution >= 0.6 is 11.8 Å². The van der Waals surface area contributed by atoms with Crippen molar-refractivity contribution in [3.8, 4) is 17.5 Å². The highest BCUT2D eigenvalue weighted by Crippen LogP contribution is 2.22. The summed E-state index contributed by atoms with van der Waals surface area (Å²) in [5.41, 5.74) is 0.105. The van der Waals surface area contributed by atoms with Crippen molar-refractivity contribution in [3.63, 3.8) is 0 Å². The molecular weight excluding hydrogens is 322 g/mol. The zero-order chi connectivity index (χ0) is 17.7. The van der Waals surface area contributed by atoms with Crippen molar-refractivity contribution in [1.82, 2.24) is 20.1 Å².